The molecule has 0 aliphatic rings. The van der Waals surface area contributed by atoms with Crippen molar-refractivity contribution < 1.29 is 9.59 Å². The fraction of sp³-hybridized carbons (Fsp3) is 0.263. The Balaban J connectivity index is 1.85. The lowest BCUT2D eigenvalue weighted by molar-refractivity contribution is -0.114. The molecular formula is C19H22BrN3O2. The maximum atomic E-state index is 12.1. The molecule has 0 heterocycles. The third-order valence-electron chi connectivity index (χ3n) is 3.22. The minimum absolute atomic E-state index is 0.118. The molecule has 0 aliphatic heterocycles. The second-order valence-electron chi connectivity index (χ2n) is 6.69. The van der Waals surface area contributed by atoms with Gasteiger partial charge >= 0.3 is 0 Å². The molecule has 0 fully saturated rings. The average Bonchev–Trinajstić information content (AvgIpc) is 2.54. The monoisotopic (exact) mass is 403 g/mol. The Morgan fingerprint density at radius 2 is 1.48 bits per heavy atom. The number of halogens is 1. The molecule has 0 aromatic heterocycles. The van der Waals surface area contributed by atoms with Gasteiger partial charge in [-0.3, -0.25) is 9.59 Å². The minimum atomic E-state index is -0.279. The molecule has 0 atom stereocenters. The Kier molecular flexibility index (Phi) is 6.20. The highest BCUT2D eigenvalue weighted by Gasteiger charge is 2.15. The normalized spacial score (nSPS) is 10.9. The molecular weight excluding hydrogens is 382 g/mol. The first kappa shape index (κ1) is 19.0. The van der Waals surface area contributed by atoms with E-state index in [0.717, 1.165) is 15.8 Å². The van der Waals surface area contributed by atoms with Crippen LogP contribution in [-0.4, -0.2) is 23.9 Å². The van der Waals surface area contributed by atoms with Crippen LogP contribution in [0.15, 0.2) is 53.0 Å². The summed E-state index contributed by atoms with van der Waals surface area (Å²) in [5, 5.41) is 8.76. The molecule has 0 saturated carbocycles. The Morgan fingerprint density at radius 1 is 0.920 bits per heavy atom. The number of anilines is 2. The van der Waals surface area contributed by atoms with Crippen LogP contribution in [0.1, 0.15) is 31.1 Å². The molecule has 3 N–H and O–H groups in total. The van der Waals surface area contributed by atoms with E-state index in [1.165, 1.54) is 0 Å². The maximum absolute atomic E-state index is 12.1. The average molecular weight is 404 g/mol. The molecule has 25 heavy (non-hydrogen) atoms. The summed E-state index contributed by atoms with van der Waals surface area (Å²) in [5.41, 5.74) is 1.82. The summed E-state index contributed by atoms with van der Waals surface area (Å²) >= 11 is 3.35. The second-order valence-corrected chi connectivity index (χ2v) is 7.61. The van der Waals surface area contributed by atoms with Crippen molar-refractivity contribution >= 4 is 39.1 Å². The van der Waals surface area contributed by atoms with E-state index in [1.54, 1.807) is 24.3 Å². The number of amides is 2. The van der Waals surface area contributed by atoms with Crippen molar-refractivity contribution in [3.05, 3.63) is 58.6 Å². The first-order chi connectivity index (χ1) is 11.7. The van der Waals surface area contributed by atoms with Crippen LogP contribution in [0.5, 0.6) is 0 Å². The molecule has 2 amide bonds. The molecule has 0 saturated heterocycles. The zero-order valence-corrected chi connectivity index (χ0v) is 16.1. The standard InChI is InChI=1S/C19H22BrN3O2/c1-19(2,3)23-18(25)13-4-8-15(9-5-13)21-12-17(24)22-16-10-6-14(20)7-11-16/h4-11,21H,12H2,1-3H3,(H,22,24)(H,23,25). The van der Waals surface area contributed by atoms with Gasteiger partial charge < -0.3 is 16.0 Å². The molecule has 0 unspecified atom stereocenters. The van der Waals surface area contributed by atoms with Crippen LogP contribution < -0.4 is 16.0 Å². The van der Waals surface area contributed by atoms with E-state index in [9.17, 15) is 9.59 Å². The summed E-state index contributed by atoms with van der Waals surface area (Å²) in [6.45, 7) is 5.95. The van der Waals surface area contributed by atoms with Crippen molar-refractivity contribution in [2.45, 2.75) is 26.3 Å². The maximum Gasteiger partial charge on any atom is 0.251 e. The van der Waals surface area contributed by atoms with Gasteiger partial charge in [-0.15, -0.1) is 0 Å². The SMILES string of the molecule is CC(C)(C)NC(=O)c1ccc(NCC(=O)Nc2ccc(Br)cc2)cc1. The van der Waals surface area contributed by atoms with E-state index in [0.29, 0.717) is 5.56 Å². The van der Waals surface area contributed by atoms with Gasteiger partial charge in [0.2, 0.25) is 5.91 Å². The van der Waals surface area contributed by atoms with Crippen LogP contribution in [0.2, 0.25) is 0 Å². The number of rotatable bonds is 5. The molecule has 6 heteroatoms. The van der Waals surface area contributed by atoms with Crippen LogP contribution in [0.25, 0.3) is 0 Å². The van der Waals surface area contributed by atoms with Gasteiger partial charge in [-0.05, 0) is 69.3 Å². The predicted octanol–water partition coefficient (Wildman–Crippen LogP) is 4.03. The smallest absolute Gasteiger partial charge is 0.251 e. The summed E-state index contributed by atoms with van der Waals surface area (Å²) in [7, 11) is 0. The summed E-state index contributed by atoms with van der Waals surface area (Å²) < 4.78 is 0.958. The van der Waals surface area contributed by atoms with Gasteiger partial charge in [-0.2, -0.15) is 0 Å². The molecule has 0 spiro atoms. The fourth-order valence-electron chi connectivity index (χ4n) is 2.07. The van der Waals surface area contributed by atoms with E-state index < -0.39 is 0 Å². The molecule has 0 aliphatic carbocycles. The lowest BCUT2D eigenvalue weighted by Gasteiger charge is -2.20. The summed E-state index contributed by atoms with van der Waals surface area (Å²) in [6, 6.07) is 14.4. The largest absolute Gasteiger partial charge is 0.376 e. The highest BCUT2D eigenvalue weighted by Crippen LogP contribution is 2.14. The first-order valence-electron chi connectivity index (χ1n) is 7.95. The number of benzene rings is 2. The van der Waals surface area contributed by atoms with Crippen LogP contribution in [-0.2, 0) is 4.79 Å². The van der Waals surface area contributed by atoms with E-state index in [-0.39, 0.29) is 23.9 Å². The van der Waals surface area contributed by atoms with E-state index >= 15 is 0 Å². The van der Waals surface area contributed by atoms with Gasteiger partial charge in [0.25, 0.3) is 5.91 Å². The quantitative estimate of drug-likeness (QED) is 0.705. The van der Waals surface area contributed by atoms with E-state index in [4.69, 9.17) is 0 Å². The third kappa shape index (κ3) is 6.58. The second kappa shape index (κ2) is 8.16. The number of carbonyl (C=O) groups excluding carboxylic acids is 2. The fourth-order valence-corrected chi connectivity index (χ4v) is 2.34. The zero-order valence-electron chi connectivity index (χ0n) is 14.5. The van der Waals surface area contributed by atoms with Crippen molar-refractivity contribution in [1.29, 1.82) is 0 Å². The molecule has 2 rings (SSSR count). The lowest BCUT2D eigenvalue weighted by Crippen LogP contribution is -2.40. The highest BCUT2D eigenvalue weighted by molar-refractivity contribution is 9.10. The van der Waals surface area contributed by atoms with Crippen molar-refractivity contribution in [2.75, 3.05) is 17.2 Å². The Morgan fingerprint density at radius 3 is 2.04 bits per heavy atom. The number of hydrogen-bond acceptors (Lipinski definition) is 3. The van der Waals surface area contributed by atoms with Crippen LogP contribution in [0.3, 0.4) is 0 Å². The molecule has 0 radical (unpaired) electrons. The van der Waals surface area contributed by atoms with Gasteiger partial charge in [-0.25, -0.2) is 0 Å². The zero-order chi connectivity index (χ0) is 18.4. The highest BCUT2D eigenvalue weighted by atomic mass is 79.9. The third-order valence-corrected chi connectivity index (χ3v) is 3.75. The van der Waals surface area contributed by atoms with E-state index in [1.807, 2.05) is 45.0 Å². The van der Waals surface area contributed by atoms with Crippen molar-refractivity contribution in [3.8, 4) is 0 Å². The van der Waals surface area contributed by atoms with E-state index in [2.05, 4.69) is 31.9 Å². The van der Waals surface area contributed by atoms with Gasteiger partial charge in [0.05, 0.1) is 6.54 Å². The van der Waals surface area contributed by atoms with Crippen LogP contribution in [0.4, 0.5) is 11.4 Å². The summed E-state index contributed by atoms with van der Waals surface area (Å²) in [6.07, 6.45) is 0. The first-order valence-corrected chi connectivity index (χ1v) is 8.74. The van der Waals surface area contributed by atoms with Gasteiger partial charge in [0, 0.05) is 26.9 Å². The van der Waals surface area contributed by atoms with Gasteiger partial charge in [0.15, 0.2) is 0 Å². The van der Waals surface area contributed by atoms with Crippen LogP contribution in [0, 0.1) is 0 Å². The van der Waals surface area contributed by atoms with Crippen molar-refractivity contribution in [1.82, 2.24) is 5.32 Å². The van der Waals surface area contributed by atoms with Crippen molar-refractivity contribution in [2.24, 2.45) is 0 Å². The molecule has 2 aromatic carbocycles. The van der Waals surface area contributed by atoms with Crippen LogP contribution >= 0.6 is 15.9 Å². The number of hydrogen-bond donors (Lipinski definition) is 3. The van der Waals surface area contributed by atoms with Crippen molar-refractivity contribution in [3.63, 3.8) is 0 Å². The van der Waals surface area contributed by atoms with Gasteiger partial charge in [-0.1, -0.05) is 15.9 Å². The molecule has 132 valence electrons. The Bertz CT molecular complexity index is 735. The molecule has 5 nitrogen and oxygen atoms in total. The minimum Gasteiger partial charge on any atom is -0.376 e. The molecule has 2 aromatic rings. The number of carbonyl (C=O) groups is 2. The predicted molar refractivity (Wildman–Crippen MR) is 105 cm³/mol. The molecule has 0 bridgehead atoms. The number of nitrogens with one attached hydrogen (secondary N) is 3. The summed E-state index contributed by atoms with van der Waals surface area (Å²) in [5.74, 6) is -0.260. The topological polar surface area (TPSA) is 70.2 Å². The Labute approximate surface area is 156 Å². The Hall–Kier alpha value is -2.34. The summed E-state index contributed by atoms with van der Waals surface area (Å²) in [4.78, 5) is 24.0. The van der Waals surface area contributed by atoms with Gasteiger partial charge in [0.1, 0.15) is 0 Å². The lowest BCUT2D eigenvalue weighted by atomic mass is 10.1.